The van der Waals surface area contributed by atoms with Crippen LogP contribution < -0.4 is 5.73 Å². The van der Waals surface area contributed by atoms with Crippen LogP contribution in [0.5, 0.6) is 5.75 Å². The molecule has 0 heterocycles. The Morgan fingerprint density at radius 3 is 2.67 bits per heavy atom. The number of anilines is 1. The molecule has 0 saturated heterocycles. The molecule has 0 aliphatic rings. The predicted molar refractivity (Wildman–Crippen MR) is 87.5 cm³/mol. The average Bonchev–Trinajstić information content (AvgIpc) is 2.58. The number of azo groups is 2. The van der Waals surface area contributed by atoms with E-state index in [0.29, 0.717) is 39.1 Å². The van der Waals surface area contributed by atoms with Crippen molar-refractivity contribution in [3.8, 4) is 5.75 Å². The molecular formula is C13H15N5O5S. The number of phenols is 1. The van der Waals surface area contributed by atoms with E-state index in [4.69, 9.17) is 15.7 Å². The number of rotatable bonds is 7. The van der Waals surface area contributed by atoms with Gasteiger partial charge >= 0.3 is 0 Å². The van der Waals surface area contributed by atoms with Crippen molar-refractivity contribution in [3.63, 3.8) is 0 Å². The van der Waals surface area contributed by atoms with Gasteiger partial charge in [0.2, 0.25) is 0 Å². The minimum Gasteiger partial charge on any atom is -0.505 e. The van der Waals surface area contributed by atoms with E-state index < -0.39 is 0 Å². The number of fused-ring (bicyclic) bond motifs is 1. The highest BCUT2D eigenvalue weighted by Crippen LogP contribution is 2.47. The molecule has 0 unspecified atom stereocenters. The van der Waals surface area contributed by atoms with Crippen molar-refractivity contribution in [3.05, 3.63) is 18.2 Å². The van der Waals surface area contributed by atoms with Crippen LogP contribution >= 0.6 is 12.0 Å². The molecule has 2 aromatic carbocycles. The lowest BCUT2D eigenvalue weighted by atomic mass is 10.1. The number of hydrogen-bond donors (Lipinski definition) is 3. The third-order valence-corrected chi connectivity index (χ3v) is 3.57. The molecule has 0 radical (unpaired) electrons. The second-order valence-electron chi connectivity index (χ2n) is 4.36. The van der Waals surface area contributed by atoms with Crippen LogP contribution in [0.1, 0.15) is 0 Å². The summed E-state index contributed by atoms with van der Waals surface area (Å²) in [6.45, 7) is 0.0625. The standard InChI is InChI=1S/C13H15N5O5S/c1-15-17-12-10(24-23-22-20)5-8-7(13(12)19)3-4-9(14)11(8)18-16-6-21-2/h3-5,19-20H,6,14H2,1-2H3. The number of methoxy groups -OCH3 is 1. The number of ether oxygens (including phenoxy) is 1. The number of benzene rings is 2. The smallest absolute Gasteiger partial charge is 0.158 e. The Bertz CT molecular complexity index is 783. The second kappa shape index (κ2) is 8.52. The van der Waals surface area contributed by atoms with E-state index in [1.165, 1.54) is 14.2 Å². The number of nitrogens with zero attached hydrogens (tertiary/aromatic N) is 4. The van der Waals surface area contributed by atoms with Crippen molar-refractivity contribution in [2.75, 3.05) is 26.6 Å². The second-order valence-corrected chi connectivity index (χ2v) is 5.10. The zero-order chi connectivity index (χ0) is 17.5. The van der Waals surface area contributed by atoms with Gasteiger partial charge in [0.15, 0.2) is 12.5 Å². The highest BCUT2D eigenvalue weighted by molar-refractivity contribution is 7.94. The quantitative estimate of drug-likeness (QED) is 0.225. The van der Waals surface area contributed by atoms with Crippen molar-refractivity contribution in [2.45, 2.75) is 4.90 Å². The molecule has 128 valence electrons. The highest BCUT2D eigenvalue weighted by Gasteiger charge is 2.18. The monoisotopic (exact) mass is 353 g/mol. The first kappa shape index (κ1) is 18.0. The largest absolute Gasteiger partial charge is 0.505 e. The van der Waals surface area contributed by atoms with Crippen LogP contribution in [-0.4, -0.2) is 31.3 Å². The van der Waals surface area contributed by atoms with Crippen LogP contribution in [0, 0.1) is 0 Å². The number of phenolic OH excluding ortho intramolecular Hbond substituents is 1. The average molecular weight is 353 g/mol. The van der Waals surface area contributed by atoms with Gasteiger partial charge in [0.05, 0.1) is 22.6 Å². The molecule has 24 heavy (non-hydrogen) atoms. The third kappa shape index (κ3) is 3.77. The molecule has 4 N–H and O–H groups in total. The molecule has 0 aromatic heterocycles. The minimum absolute atomic E-state index is 0.0625. The van der Waals surface area contributed by atoms with Crippen molar-refractivity contribution >= 4 is 39.9 Å². The van der Waals surface area contributed by atoms with E-state index in [9.17, 15) is 5.11 Å². The molecule has 0 atom stereocenters. The Hall–Kier alpha value is -2.31. The maximum Gasteiger partial charge on any atom is 0.158 e. The first-order chi connectivity index (χ1) is 11.6. The van der Waals surface area contributed by atoms with Gasteiger partial charge in [-0.05, 0) is 18.2 Å². The van der Waals surface area contributed by atoms with Gasteiger partial charge in [0.1, 0.15) is 11.4 Å². The molecule has 10 nitrogen and oxygen atoms in total. The molecular weight excluding hydrogens is 338 g/mol. The summed E-state index contributed by atoms with van der Waals surface area (Å²) in [5, 5.41) is 38.8. The molecule has 0 aliphatic heterocycles. The van der Waals surface area contributed by atoms with E-state index in [2.05, 4.69) is 29.8 Å². The fourth-order valence-electron chi connectivity index (χ4n) is 2.00. The van der Waals surface area contributed by atoms with Gasteiger partial charge in [-0.3, -0.25) is 0 Å². The Kier molecular flexibility index (Phi) is 6.40. The minimum atomic E-state index is -0.148. The summed E-state index contributed by atoms with van der Waals surface area (Å²) in [5.41, 5.74) is 6.81. The van der Waals surface area contributed by atoms with Crippen LogP contribution in [0.4, 0.5) is 17.1 Å². The Balaban J connectivity index is 2.71. The molecule has 0 amide bonds. The van der Waals surface area contributed by atoms with E-state index >= 15 is 0 Å². The zero-order valence-electron chi connectivity index (χ0n) is 12.8. The van der Waals surface area contributed by atoms with Crippen molar-refractivity contribution in [1.82, 2.24) is 0 Å². The van der Waals surface area contributed by atoms with Crippen molar-refractivity contribution < 1.29 is 24.5 Å². The number of nitrogen functional groups attached to an aromatic ring is 1. The first-order valence-corrected chi connectivity index (χ1v) is 7.27. The third-order valence-electron chi connectivity index (χ3n) is 2.95. The molecule has 11 heteroatoms. The van der Waals surface area contributed by atoms with E-state index in [0.717, 1.165) is 0 Å². The zero-order valence-corrected chi connectivity index (χ0v) is 13.6. The highest BCUT2D eigenvalue weighted by atomic mass is 32.2. The van der Waals surface area contributed by atoms with Gasteiger partial charge in [-0.25, -0.2) is 5.26 Å². The van der Waals surface area contributed by atoms with Crippen LogP contribution in [-0.2, 0) is 14.1 Å². The molecule has 0 saturated carbocycles. The van der Waals surface area contributed by atoms with E-state index in [1.54, 1.807) is 18.2 Å². The summed E-state index contributed by atoms with van der Waals surface area (Å²) in [6, 6.07) is 4.83. The Labute approximate surface area is 141 Å². The van der Waals surface area contributed by atoms with Gasteiger partial charge in [0, 0.05) is 24.9 Å². The van der Waals surface area contributed by atoms with Gasteiger partial charge in [-0.15, -0.1) is 4.33 Å². The summed E-state index contributed by atoms with van der Waals surface area (Å²) < 4.78 is 9.25. The van der Waals surface area contributed by atoms with Crippen molar-refractivity contribution in [1.29, 1.82) is 0 Å². The summed E-state index contributed by atoms with van der Waals surface area (Å²) in [6.07, 6.45) is 0. The predicted octanol–water partition coefficient (Wildman–Crippen LogP) is 3.96. The Morgan fingerprint density at radius 1 is 1.21 bits per heavy atom. The first-order valence-electron chi connectivity index (χ1n) is 6.53. The van der Waals surface area contributed by atoms with Gasteiger partial charge < -0.3 is 15.6 Å². The maximum absolute atomic E-state index is 10.5. The fourth-order valence-corrected chi connectivity index (χ4v) is 2.49. The number of aromatic hydroxyl groups is 1. The van der Waals surface area contributed by atoms with E-state index in [1.807, 2.05) is 0 Å². The van der Waals surface area contributed by atoms with E-state index in [-0.39, 0.29) is 18.2 Å². The van der Waals surface area contributed by atoms with Gasteiger partial charge in [0.25, 0.3) is 0 Å². The summed E-state index contributed by atoms with van der Waals surface area (Å²) in [5.74, 6) is -0.148. The lowest BCUT2D eigenvalue weighted by Crippen LogP contribution is -1.89. The molecule has 0 bridgehead atoms. The molecule has 2 aromatic rings. The summed E-state index contributed by atoms with van der Waals surface area (Å²) in [4.78, 5) is 0.327. The molecule has 0 spiro atoms. The lowest BCUT2D eigenvalue weighted by Gasteiger charge is -2.11. The summed E-state index contributed by atoms with van der Waals surface area (Å²) in [7, 11) is 2.94. The van der Waals surface area contributed by atoms with Crippen LogP contribution in [0.3, 0.4) is 0 Å². The van der Waals surface area contributed by atoms with Gasteiger partial charge in [-0.2, -0.15) is 20.5 Å². The van der Waals surface area contributed by atoms with Crippen molar-refractivity contribution in [2.24, 2.45) is 20.5 Å². The molecule has 0 aliphatic carbocycles. The fraction of sp³-hybridized carbons (Fsp3) is 0.231. The molecule has 0 fully saturated rings. The Morgan fingerprint density at radius 2 is 2.00 bits per heavy atom. The van der Waals surface area contributed by atoms with Gasteiger partial charge in [-0.1, -0.05) is 5.04 Å². The normalized spacial score (nSPS) is 12.0. The van der Waals surface area contributed by atoms with Crippen LogP contribution in [0.25, 0.3) is 10.8 Å². The summed E-state index contributed by atoms with van der Waals surface area (Å²) >= 11 is 0.635. The van der Waals surface area contributed by atoms with Crippen LogP contribution in [0.2, 0.25) is 0 Å². The molecule has 2 rings (SSSR count). The maximum atomic E-state index is 10.5. The topological polar surface area (TPSA) is 144 Å². The number of nitrogens with two attached hydrogens (primary N) is 1. The van der Waals surface area contributed by atoms with Crippen LogP contribution in [0.15, 0.2) is 43.6 Å². The lowest BCUT2D eigenvalue weighted by molar-refractivity contribution is -0.432. The SMILES string of the molecule is CN=Nc1c(SOOO)cc2c(N=NCOC)c(N)ccc2c1O. The number of hydrogen-bond acceptors (Lipinski definition) is 11.